The van der Waals surface area contributed by atoms with Crippen LogP contribution in [-0.2, 0) is 4.79 Å². The van der Waals surface area contributed by atoms with E-state index >= 15 is 0 Å². The van der Waals surface area contributed by atoms with E-state index in [0.717, 1.165) is 25.8 Å². The zero-order valence-electron chi connectivity index (χ0n) is 13.1. The lowest BCUT2D eigenvalue weighted by Crippen LogP contribution is -2.52. The van der Waals surface area contributed by atoms with Crippen LogP contribution in [0, 0.1) is 11.2 Å². The number of nitrogens with two attached hydrogens (primary N) is 1. The molecule has 3 nitrogen and oxygen atoms in total. The summed E-state index contributed by atoms with van der Waals surface area (Å²) in [6, 6.07) is 5.98. The quantitative estimate of drug-likeness (QED) is 0.929. The number of carbonyl (C=O) groups is 1. The Morgan fingerprint density at radius 2 is 2.00 bits per heavy atom. The van der Waals surface area contributed by atoms with E-state index in [1.807, 2.05) is 0 Å². The molecule has 116 valence electrons. The number of nitrogens with zero attached hydrogens (tertiary/aromatic N) is 1. The van der Waals surface area contributed by atoms with Crippen LogP contribution in [0.15, 0.2) is 24.3 Å². The highest BCUT2D eigenvalue weighted by atomic mass is 19.1. The summed E-state index contributed by atoms with van der Waals surface area (Å²) < 4.78 is 14.1. The molecular weight excluding hydrogens is 267 g/mol. The minimum Gasteiger partial charge on any atom is -0.368 e. The number of benzene rings is 1. The number of piperidine rings is 1. The molecule has 1 amide bonds. The van der Waals surface area contributed by atoms with Gasteiger partial charge in [0.25, 0.3) is 0 Å². The van der Waals surface area contributed by atoms with Crippen molar-refractivity contribution in [2.45, 2.75) is 52.1 Å². The van der Waals surface area contributed by atoms with Gasteiger partial charge in [0.1, 0.15) is 11.9 Å². The Labute approximate surface area is 126 Å². The Bertz CT molecular complexity index is 510. The summed E-state index contributed by atoms with van der Waals surface area (Å²) in [5, 5.41) is 0. The van der Waals surface area contributed by atoms with Crippen molar-refractivity contribution in [3.63, 3.8) is 0 Å². The van der Waals surface area contributed by atoms with Crippen molar-refractivity contribution < 1.29 is 9.18 Å². The number of hydrogen-bond acceptors (Lipinski definition) is 2. The number of likely N-dealkylation sites (tertiary alicyclic amines) is 1. The second-order valence-corrected chi connectivity index (χ2v) is 6.94. The van der Waals surface area contributed by atoms with E-state index in [0.29, 0.717) is 5.56 Å². The van der Waals surface area contributed by atoms with Crippen LogP contribution in [0.3, 0.4) is 0 Å². The highest BCUT2D eigenvalue weighted by Crippen LogP contribution is 2.37. The third-order valence-corrected chi connectivity index (χ3v) is 4.34. The molecule has 0 radical (unpaired) electrons. The first-order valence-corrected chi connectivity index (χ1v) is 7.62. The van der Waals surface area contributed by atoms with Gasteiger partial charge in [-0.2, -0.15) is 0 Å². The third-order valence-electron chi connectivity index (χ3n) is 4.34. The molecule has 21 heavy (non-hydrogen) atoms. The predicted molar refractivity (Wildman–Crippen MR) is 82.1 cm³/mol. The summed E-state index contributed by atoms with van der Waals surface area (Å²) >= 11 is 0. The van der Waals surface area contributed by atoms with Crippen LogP contribution in [0.5, 0.6) is 0 Å². The molecule has 2 N–H and O–H groups in total. The molecule has 1 aliphatic heterocycles. The van der Waals surface area contributed by atoms with Crippen LogP contribution in [0.1, 0.15) is 51.6 Å². The Balaban J connectivity index is 2.41. The van der Waals surface area contributed by atoms with Gasteiger partial charge in [-0.05, 0) is 30.9 Å². The van der Waals surface area contributed by atoms with Gasteiger partial charge in [-0.25, -0.2) is 4.39 Å². The molecular formula is C17H25FN2O. The van der Waals surface area contributed by atoms with Gasteiger partial charge in [0, 0.05) is 11.6 Å². The van der Waals surface area contributed by atoms with Crippen molar-refractivity contribution in [1.82, 2.24) is 4.90 Å². The molecule has 1 saturated heterocycles. The topological polar surface area (TPSA) is 46.3 Å². The number of hydrogen-bond donors (Lipinski definition) is 1. The number of halogens is 1. The van der Waals surface area contributed by atoms with Gasteiger partial charge in [0.05, 0.1) is 0 Å². The maximum Gasteiger partial charge on any atom is 0.239 e. The first-order valence-electron chi connectivity index (χ1n) is 7.62. The van der Waals surface area contributed by atoms with E-state index in [2.05, 4.69) is 25.7 Å². The Kier molecular flexibility index (Phi) is 4.67. The Morgan fingerprint density at radius 3 is 2.57 bits per heavy atom. The van der Waals surface area contributed by atoms with Crippen LogP contribution in [0.4, 0.5) is 4.39 Å². The van der Waals surface area contributed by atoms with Crippen LogP contribution in [0.25, 0.3) is 0 Å². The molecule has 0 aliphatic carbocycles. The lowest BCUT2D eigenvalue weighted by Gasteiger charge is -2.46. The smallest absolute Gasteiger partial charge is 0.239 e. The van der Waals surface area contributed by atoms with Crippen molar-refractivity contribution in [2.75, 3.05) is 6.54 Å². The monoisotopic (exact) mass is 292 g/mol. The van der Waals surface area contributed by atoms with E-state index in [1.165, 1.54) is 6.07 Å². The highest BCUT2D eigenvalue weighted by Gasteiger charge is 2.39. The highest BCUT2D eigenvalue weighted by molar-refractivity contribution is 5.81. The second-order valence-electron chi connectivity index (χ2n) is 6.94. The fourth-order valence-corrected chi connectivity index (χ4v) is 3.39. The normalized spacial score (nSPS) is 22.0. The summed E-state index contributed by atoms with van der Waals surface area (Å²) in [5.74, 6) is -0.837. The van der Waals surface area contributed by atoms with Crippen molar-refractivity contribution >= 4 is 5.91 Å². The SMILES string of the molecule is CC(C)(C)C1CCCCN1C(C(N)=O)c1ccccc1F. The van der Waals surface area contributed by atoms with Gasteiger partial charge in [0.2, 0.25) is 5.91 Å². The van der Waals surface area contributed by atoms with Gasteiger partial charge < -0.3 is 5.73 Å². The molecule has 1 aliphatic rings. The van der Waals surface area contributed by atoms with Crippen LogP contribution in [0.2, 0.25) is 0 Å². The average molecular weight is 292 g/mol. The van der Waals surface area contributed by atoms with Crippen LogP contribution < -0.4 is 5.73 Å². The van der Waals surface area contributed by atoms with Crippen molar-refractivity contribution in [3.8, 4) is 0 Å². The first kappa shape index (κ1) is 16.0. The minimum absolute atomic E-state index is 0.0272. The molecule has 1 aromatic carbocycles. The Morgan fingerprint density at radius 1 is 1.33 bits per heavy atom. The molecule has 1 fully saturated rings. The molecule has 1 aromatic rings. The van der Waals surface area contributed by atoms with E-state index in [-0.39, 0.29) is 17.3 Å². The third kappa shape index (κ3) is 3.43. The summed E-state index contributed by atoms with van der Waals surface area (Å²) in [5.41, 5.74) is 6.04. The van der Waals surface area contributed by atoms with E-state index in [9.17, 15) is 9.18 Å². The zero-order valence-corrected chi connectivity index (χ0v) is 13.1. The van der Waals surface area contributed by atoms with E-state index < -0.39 is 11.9 Å². The molecule has 0 saturated carbocycles. The lowest BCUT2D eigenvalue weighted by atomic mass is 9.79. The molecule has 2 atom stereocenters. The standard InChI is InChI=1S/C17H25FN2O/c1-17(2,3)14-10-6-7-11-20(14)15(16(19)21)12-8-4-5-9-13(12)18/h4-5,8-9,14-15H,6-7,10-11H2,1-3H3,(H2,19,21). The fourth-order valence-electron chi connectivity index (χ4n) is 3.39. The number of amides is 1. The van der Waals surface area contributed by atoms with Crippen molar-refractivity contribution in [2.24, 2.45) is 11.1 Å². The fraction of sp³-hybridized carbons (Fsp3) is 0.588. The molecule has 0 bridgehead atoms. The Hall–Kier alpha value is -1.42. The van der Waals surface area contributed by atoms with Gasteiger partial charge in [-0.1, -0.05) is 45.4 Å². The number of primary amides is 1. The van der Waals surface area contributed by atoms with Gasteiger partial charge in [-0.15, -0.1) is 0 Å². The van der Waals surface area contributed by atoms with Gasteiger partial charge >= 0.3 is 0 Å². The number of rotatable bonds is 3. The summed E-state index contributed by atoms with van der Waals surface area (Å²) in [6.45, 7) is 7.27. The second kappa shape index (κ2) is 6.14. The summed E-state index contributed by atoms with van der Waals surface area (Å²) in [4.78, 5) is 14.1. The molecule has 0 spiro atoms. The van der Waals surface area contributed by atoms with Gasteiger partial charge in [0.15, 0.2) is 0 Å². The largest absolute Gasteiger partial charge is 0.368 e. The molecule has 2 rings (SSSR count). The molecule has 4 heteroatoms. The summed E-state index contributed by atoms with van der Waals surface area (Å²) in [7, 11) is 0. The molecule has 1 heterocycles. The number of carbonyl (C=O) groups excluding carboxylic acids is 1. The summed E-state index contributed by atoms with van der Waals surface area (Å²) in [6.07, 6.45) is 3.17. The van der Waals surface area contributed by atoms with Crippen molar-refractivity contribution in [1.29, 1.82) is 0 Å². The predicted octanol–water partition coefficient (Wildman–Crippen LogP) is 3.25. The van der Waals surface area contributed by atoms with E-state index in [4.69, 9.17) is 5.73 Å². The molecule has 0 aromatic heterocycles. The van der Waals surface area contributed by atoms with Crippen LogP contribution in [-0.4, -0.2) is 23.4 Å². The van der Waals surface area contributed by atoms with Crippen molar-refractivity contribution in [3.05, 3.63) is 35.6 Å². The zero-order chi connectivity index (χ0) is 15.6. The first-order chi connectivity index (χ1) is 9.82. The maximum atomic E-state index is 14.1. The lowest BCUT2D eigenvalue weighted by molar-refractivity contribution is -0.126. The van der Waals surface area contributed by atoms with Gasteiger partial charge in [-0.3, -0.25) is 9.69 Å². The average Bonchev–Trinajstić information content (AvgIpc) is 2.40. The maximum absolute atomic E-state index is 14.1. The molecule has 2 unspecified atom stereocenters. The van der Waals surface area contributed by atoms with Crippen LogP contribution >= 0.6 is 0 Å². The minimum atomic E-state index is -0.685. The van der Waals surface area contributed by atoms with E-state index in [1.54, 1.807) is 18.2 Å².